The topological polar surface area (TPSA) is 29.9 Å². The van der Waals surface area contributed by atoms with E-state index in [1.165, 1.54) is 6.20 Å². The Labute approximate surface area is 112 Å². The largest absolute Gasteiger partial charge is 0.378 e. The summed E-state index contributed by atoms with van der Waals surface area (Å²) in [5.74, 6) is 0. The molecule has 0 saturated carbocycles. The van der Waals surface area contributed by atoms with Crippen LogP contribution in [0.4, 0.5) is 14.5 Å². The van der Waals surface area contributed by atoms with Gasteiger partial charge < -0.3 is 5.32 Å². The average molecular weight is 279 g/mol. The fourth-order valence-electron chi connectivity index (χ4n) is 1.99. The van der Waals surface area contributed by atoms with Gasteiger partial charge in [0, 0.05) is 23.8 Å². The van der Waals surface area contributed by atoms with E-state index < -0.39 is 6.55 Å². The highest BCUT2D eigenvalue weighted by Gasteiger charge is 2.13. The highest BCUT2D eigenvalue weighted by Crippen LogP contribution is 2.27. The van der Waals surface area contributed by atoms with Gasteiger partial charge in [-0.3, -0.25) is 9.55 Å². The smallest absolute Gasteiger partial charge is 0.319 e. The van der Waals surface area contributed by atoms with Crippen molar-refractivity contribution in [1.29, 1.82) is 0 Å². The first kappa shape index (κ1) is 12.1. The van der Waals surface area contributed by atoms with Crippen molar-refractivity contribution in [3.05, 3.63) is 46.9 Å². The van der Waals surface area contributed by atoms with Crippen LogP contribution in [0.2, 0.25) is 0 Å². The summed E-state index contributed by atoms with van der Waals surface area (Å²) in [6.07, 6.45) is 2.98. The van der Waals surface area contributed by atoms with Crippen LogP contribution in [0.25, 0.3) is 11.0 Å². The van der Waals surface area contributed by atoms with Gasteiger partial charge >= 0.3 is 6.55 Å². The number of halogens is 2. The Morgan fingerprint density at radius 1 is 1.32 bits per heavy atom. The molecule has 19 heavy (non-hydrogen) atoms. The first-order chi connectivity index (χ1) is 9.25. The first-order valence-corrected chi connectivity index (χ1v) is 6.63. The predicted molar refractivity (Wildman–Crippen MR) is 72.6 cm³/mol. The van der Waals surface area contributed by atoms with Crippen LogP contribution >= 0.6 is 11.3 Å². The van der Waals surface area contributed by atoms with Crippen LogP contribution < -0.4 is 5.32 Å². The molecule has 0 fully saturated rings. The van der Waals surface area contributed by atoms with E-state index >= 15 is 0 Å². The van der Waals surface area contributed by atoms with Crippen molar-refractivity contribution in [2.45, 2.75) is 13.1 Å². The summed E-state index contributed by atoms with van der Waals surface area (Å²) in [6, 6.07) is 7.28. The SMILES string of the molecule is FC(F)n1ccc2nccc(NCc3cccs3)c21. The van der Waals surface area contributed by atoms with Crippen LogP contribution in [0.1, 0.15) is 11.4 Å². The fraction of sp³-hybridized carbons (Fsp3) is 0.154. The predicted octanol–water partition coefficient (Wildman–Crippen LogP) is 4.11. The highest BCUT2D eigenvalue weighted by molar-refractivity contribution is 7.09. The standard InChI is InChI=1S/C13H11F2N3S/c14-13(15)18-6-4-11-12(18)10(3-5-16-11)17-8-9-2-1-7-19-9/h1-7,13H,8H2,(H,16,17). The molecule has 3 rings (SSSR count). The van der Waals surface area contributed by atoms with Crippen molar-refractivity contribution >= 4 is 28.1 Å². The second-order valence-electron chi connectivity index (χ2n) is 4.03. The summed E-state index contributed by atoms with van der Waals surface area (Å²) in [6.45, 7) is -1.95. The second kappa shape index (κ2) is 4.97. The normalized spacial score (nSPS) is 11.3. The lowest BCUT2D eigenvalue weighted by Crippen LogP contribution is -2.02. The van der Waals surface area contributed by atoms with E-state index in [1.54, 1.807) is 29.7 Å². The Balaban J connectivity index is 1.95. The Morgan fingerprint density at radius 2 is 2.21 bits per heavy atom. The molecule has 0 bridgehead atoms. The quantitative estimate of drug-likeness (QED) is 0.779. The first-order valence-electron chi connectivity index (χ1n) is 5.75. The van der Waals surface area contributed by atoms with Gasteiger partial charge in [0.05, 0.1) is 16.7 Å². The lowest BCUT2D eigenvalue weighted by Gasteiger charge is -2.10. The number of pyridine rings is 1. The summed E-state index contributed by atoms with van der Waals surface area (Å²) >= 11 is 1.63. The van der Waals surface area contributed by atoms with Crippen molar-refractivity contribution in [2.24, 2.45) is 0 Å². The molecule has 6 heteroatoms. The molecule has 0 atom stereocenters. The zero-order valence-corrected chi connectivity index (χ0v) is 10.7. The van der Waals surface area contributed by atoms with E-state index in [0.29, 0.717) is 23.3 Å². The molecule has 0 aliphatic carbocycles. The van der Waals surface area contributed by atoms with Crippen LogP contribution in [0, 0.1) is 0 Å². The van der Waals surface area contributed by atoms with Gasteiger partial charge in [-0.2, -0.15) is 8.78 Å². The Kier molecular flexibility index (Phi) is 3.16. The van der Waals surface area contributed by atoms with E-state index in [9.17, 15) is 8.78 Å². The third-order valence-corrected chi connectivity index (χ3v) is 3.72. The van der Waals surface area contributed by atoms with Crippen molar-refractivity contribution in [3.8, 4) is 0 Å². The molecule has 98 valence electrons. The lowest BCUT2D eigenvalue weighted by atomic mass is 10.3. The number of thiophene rings is 1. The van der Waals surface area contributed by atoms with Crippen LogP contribution in [-0.2, 0) is 6.54 Å². The van der Waals surface area contributed by atoms with E-state index in [2.05, 4.69) is 10.3 Å². The molecule has 3 aromatic heterocycles. The molecular weight excluding hydrogens is 268 g/mol. The molecule has 3 nitrogen and oxygen atoms in total. The van der Waals surface area contributed by atoms with Crippen LogP contribution in [0.15, 0.2) is 42.0 Å². The summed E-state index contributed by atoms with van der Waals surface area (Å²) in [5, 5.41) is 5.17. The molecule has 0 aromatic carbocycles. The molecule has 3 heterocycles. The number of anilines is 1. The van der Waals surface area contributed by atoms with Gasteiger partial charge in [0.15, 0.2) is 0 Å². The van der Waals surface area contributed by atoms with Crippen LogP contribution in [0.5, 0.6) is 0 Å². The number of nitrogens with one attached hydrogen (secondary N) is 1. The Morgan fingerprint density at radius 3 is 2.95 bits per heavy atom. The molecule has 0 unspecified atom stereocenters. The van der Waals surface area contributed by atoms with Gasteiger partial charge in [-0.25, -0.2) is 0 Å². The van der Waals surface area contributed by atoms with E-state index in [1.807, 2.05) is 17.5 Å². The highest BCUT2D eigenvalue weighted by atomic mass is 32.1. The second-order valence-corrected chi connectivity index (χ2v) is 5.06. The van der Waals surface area contributed by atoms with E-state index in [0.717, 1.165) is 9.44 Å². The lowest BCUT2D eigenvalue weighted by molar-refractivity contribution is 0.0753. The molecule has 1 N–H and O–H groups in total. The molecular formula is C13H11F2N3S. The molecule has 0 aliphatic heterocycles. The maximum absolute atomic E-state index is 12.9. The fourth-order valence-corrected chi connectivity index (χ4v) is 2.63. The molecule has 0 spiro atoms. The number of alkyl halides is 2. The molecule has 0 aliphatic rings. The van der Waals surface area contributed by atoms with Gasteiger partial charge in [-0.05, 0) is 23.6 Å². The number of nitrogens with zero attached hydrogens (tertiary/aromatic N) is 2. The minimum atomic E-state index is -2.57. The van der Waals surface area contributed by atoms with Crippen molar-refractivity contribution in [1.82, 2.24) is 9.55 Å². The number of hydrogen-bond acceptors (Lipinski definition) is 3. The van der Waals surface area contributed by atoms with Gasteiger partial charge in [0.1, 0.15) is 0 Å². The molecule has 0 amide bonds. The van der Waals surface area contributed by atoms with E-state index in [-0.39, 0.29) is 0 Å². The zero-order valence-electron chi connectivity index (χ0n) is 9.88. The van der Waals surface area contributed by atoms with Crippen molar-refractivity contribution < 1.29 is 8.78 Å². The Bertz CT molecular complexity index is 676. The number of fused-ring (bicyclic) bond motifs is 1. The Hall–Kier alpha value is -1.95. The summed E-state index contributed by atoms with van der Waals surface area (Å²) in [4.78, 5) is 5.25. The van der Waals surface area contributed by atoms with Crippen LogP contribution in [0.3, 0.4) is 0 Å². The summed E-state index contributed by atoms with van der Waals surface area (Å²) in [7, 11) is 0. The van der Waals surface area contributed by atoms with Gasteiger partial charge in [-0.1, -0.05) is 6.07 Å². The van der Waals surface area contributed by atoms with Gasteiger partial charge in [-0.15, -0.1) is 11.3 Å². The minimum Gasteiger partial charge on any atom is -0.378 e. The molecule has 3 aromatic rings. The summed E-state index contributed by atoms with van der Waals surface area (Å²) in [5.41, 5.74) is 1.68. The number of aromatic nitrogens is 2. The number of rotatable bonds is 4. The van der Waals surface area contributed by atoms with Crippen LogP contribution in [-0.4, -0.2) is 9.55 Å². The maximum atomic E-state index is 12.9. The average Bonchev–Trinajstić information content (AvgIpc) is 3.05. The van der Waals surface area contributed by atoms with Crippen molar-refractivity contribution in [3.63, 3.8) is 0 Å². The third kappa shape index (κ3) is 2.31. The third-order valence-electron chi connectivity index (χ3n) is 2.85. The maximum Gasteiger partial charge on any atom is 0.319 e. The van der Waals surface area contributed by atoms with Gasteiger partial charge in [0.2, 0.25) is 0 Å². The molecule has 0 saturated heterocycles. The minimum absolute atomic E-state index is 0.439. The number of hydrogen-bond donors (Lipinski definition) is 1. The van der Waals surface area contributed by atoms with Gasteiger partial charge in [0.25, 0.3) is 0 Å². The monoisotopic (exact) mass is 279 g/mol. The molecule has 0 radical (unpaired) electrons. The van der Waals surface area contributed by atoms with E-state index in [4.69, 9.17) is 0 Å². The summed E-state index contributed by atoms with van der Waals surface area (Å²) < 4.78 is 26.8. The zero-order chi connectivity index (χ0) is 13.2. The van der Waals surface area contributed by atoms with Crippen molar-refractivity contribution in [2.75, 3.05) is 5.32 Å².